The summed E-state index contributed by atoms with van der Waals surface area (Å²) in [5.41, 5.74) is 1.70. The highest BCUT2D eigenvalue weighted by Gasteiger charge is 2.11. The van der Waals surface area contributed by atoms with Crippen molar-refractivity contribution in [2.24, 2.45) is 0 Å². The summed E-state index contributed by atoms with van der Waals surface area (Å²) in [5, 5.41) is 11.8. The predicted molar refractivity (Wildman–Crippen MR) is 79.3 cm³/mol. The molecule has 0 saturated carbocycles. The normalized spacial score (nSPS) is 10.8. The summed E-state index contributed by atoms with van der Waals surface area (Å²) < 4.78 is 1.94. The molecule has 6 heteroatoms. The van der Waals surface area contributed by atoms with Crippen LogP contribution in [-0.2, 0) is 11.3 Å². The van der Waals surface area contributed by atoms with Crippen molar-refractivity contribution in [2.45, 2.75) is 33.2 Å². The van der Waals surface area contributed by atoms with Crippen molar-refractivity contribution in [3.8, 4) is 0 Å². The standard InChI is InChI=1S/C15H19N3O3/c1-3-7-16-14(19)6-8-18-10(2)17-12-9-11(15(20)21)4-5-13(12)18/h4-5,9H,3,6-8H2,1-2H3,(H,16,19)(H,20,21). The van der Waals surface area contributed by atoms with E-state index < -0.39 is 5.97 Å². The molecular formula is C15H19N3O3. The molecule has 0 aliphatic rings. The summed E-state index contributed by atoms with van der Waals surface area (Å²) in [6, 6.07) is 4.85. The summed E-state index contributed by atoms with van der Waals surface area (Å²) in [7, 11) is 0. The molecule has 1 amide bonds. The van der Waals surface area contributed by atoms with Crippen LogP contribution in [0.5, 0.6) is 0 Å². The van der Waals surface area contributed by atoms with Gasteiger partial charge in [-0.1, -0.05) is 6.92 Å². The first kappa shape index (κ1) is 15.0. The van der Waals surface area contributed by atoms with Crippen molar-refractivity contribution in [1.29, 1.82) is 0 Å². The molecule has 2 aromatic rings. The fraction of sp³-hybridized carbons (Fsp3) is 0.400. The lowest BCUT2D eigenvalue weighted by atomic mass is 10.2. The average Bonchev–Trinajstić information content (AvgIpc) is 2.77. The van der Waals surface area contributed by atoms with Crippen LogP contribution >= 0.6 is 0 Å². The highest BCUT2D eigenvalue weighted by molar-refractivity contribution is 5.92. The lowest BCUT2D eigenvalue weighted by Gasteiger charge is -2.07. The molecule has 2 rings (SSSR count). The summed E-state index contributed by atoms with van der Waals surface area (Å²) in [6.45, 7) is 5.08. The third-order valence-electron chi connectivity index (χ3n) is 3.32. The number of carbonyl (C=O) groups is 2. The molecule has 0 unspecified atom stereocenters. The fourth-order valence-corrected chi connectivity index (χ4v) is 2.23. The van der Waals surface area contributed by atoms with Crippen LogP contribution in [0.3, 0.4) is 0 Å². The molecule has 0 radical (unpaired) electrons. The van der Waals surface area contributed by atoms with Gasteiger partial charge in [0.2, 0.25) is 5.91 Å². The Kier molecular flexibility index (Phi) is 4.57. The zero-order chi connectivity index (χ0) is 15.4. The van der Waals surface area contributed by atoms with Crippen molar-refractivity contribution in [2.75, 3.05) is 6.54 Å². The molecule has 1 aromatic carbocycles. The van der Waals surface area contributed by atoms with Crippen molar-refractivity contribution in [1.82, 2.24) is 14.9 Å². The van der Waals surface area contributed by atoms with E-state index in [1.54, 1.807) is 18.2 Å². The fourth-order valence-electron chi connectivity index (χ4n) is 2.23. The number of nitrogens with zero attached hydrogens (tertiary/aromatic N) is 2. The van der Waals surface area contributed by atoms with Gasteiger partial charge in [0, 0.05) is 19.5 Å². The van der Waals surface area contributed by atoms with Gasteiger partial charge in [-0.15, -0.1) is 0 Å². The number of amides is 1. The summed E-state index contributed by atoms with van der Waals surface area (Å²) in [6.07, 6.45) is 1.30. The van der Waals surface area contributed by atoms with Crippen LogP contribution in [0.2, 0.25) is 0 Å². The van der Waals surface area contributed by atoms with E-state index in [0.29, 0.717) is 25.0 Å². The highest BCUT2D eigenvalue weighted by Crippen LogP contribution is 2.18. The van der Waals surface area contributed by atoms with Gasteiger partial charge < -0.3 is 15.0 Å². The van der Waals surface area contributed by atoms with Gasteiger partial charge in [-0.2, -0.15) is 0 Å². The van der Waals surface area contributed by atoms with Gasteiger partial charge in [0.05, 0.1) is 16.6 Å². The van der Waals surface area contributed by atoms with Crippen LogP contribution in [0.25, 0.3) is 11.0 Å². The molecule has 21 heavy (non-hydrogen) atoms. The minimum absolute atomic E-state index is 0.0141. The number of fused-ring (bicyclic) bond motifs is 1. The van der Waals surface area contributed by atoms with E-state index in [-0.39, 0.29) is 11.5 Å². The van der Waals surface area contributed by atoms with Gasteiger partial charge in [-0.05, 0) is 31.5 Å². The number of carboxylic acid groups (broad SMARTS) is 1. The van der Waals surface area contributed by atoms with Gasteiger partial charge in [0.1, 0.15) is 5.82 Å². The Labute approximate surface area is 122 Å². The number of carbonyl (C=O) groups excluding carboxylic acids is 1. The summed E-state index contributed by atoms with van der Waals surface area (Å²) >= 11 is 0. The minimum atomic E-state index is -0.969. The second-order valence-corrected chi connectivity index (χ2v) is 4.92. The topological polar surface area (TPSA) is 84.2 Å². The van der Waals surface area contributed by atoms with Crippen LogP contribution in [0.4, 0.5) is 0 Å². The van der Waals surface area contributed by atoms with Crippen LogP contribution in [-0.4, -0.2) is 33.1 Å². The molecular weight excluding hydrogens is 270 g/mol. The molecule has 0 saturated heterocycles. The molecule has 0 aliphatic carbocycles. The van der Waals surface area contributed by atoms with Gasteiger partial charge in [0.15, 0.2) is 0 Å². The van der Waals surface area contributed by atoms with E-state index in [2.05, 4.69) is 10.3 Å². The van der Waals surface area contributed by atoms with Crippen molar-refractivity contribution < 1.29 is 14.7 Å². The van der Waals surface area contributed by atoms with Gasteiger partial charge in [0.25, 0.3) is 0 Å². The second-order valence-electron chi connectivity index (χ2n) is 4.92. The molecule has 0 spiro atoms. The zero-order valence-electron chi connectivity index (χ0n) is 12.2. The Hall–Kier alpha value is -2.37. The van der Waals surface area contributed by atoms with E-state index in [1.807, 2.05) is 18.4 Å². The molecule has 1 aromatic heterocycles. The predicted octanol–water partition coefficient (Wildman–Crippen LogP) is 1.96. The zero-order valence-corrected chi connectivity index (χ0v) is 12.2. The van der Waals surface area contributed by atoms with Crippen LogP contribution in [0.15, 0.2) is 18.2 Å². The van der Waals surface area contributed by atoms with Crippen molar-refractivity contribution in [3.05, 3.63) is 29.6 Å². The SMILES string of the molecule is CCCNC(=O)CCn1c(C)nc2cc(C(=O)O)ccc21. The number of carboxylic acids is 1. The van der Waals surface area contributed by atoms with Gasteiger partial charge >= 0.3 is 5.97 Å². The Balaban J connectivity index is 2.18. The maximum atomic E-state index is 11.7. The number of aromatic nitrogens is 2. The highest BCUT2D eigenvalue weighted by atomic mass is 16.4. The lowest BCUT2D eigenvalue weighted by Crippen LogP contribution is -2.25. The number of aryl methyl sites for hydroxylation is 2. The van der Waals surface area contributed by atoms with Gasteiger partial charge in [-0.3, -0.25) is 4.79 Å². The Bertz CT molecular complexity index is 676. The van der Waals surface area contributed by atoms with Crippen LogP contribution < -0.4 is 5.32 Å². The van der Waals surface area contributed by atoms with Crippen molar-refractivity contribution >= 4 is 22.9 Å². The van der Waals surface area contributed by atoms with E-state index >= 15 is 0 Å². The molecule has 1 heterocycles. The lowest BCUT2D eigenvalue weighted by molar-refractivity contribution is -0.121. The second kappa shape index (κ2) is 6.39. The summed E-state index contributed by atoms with van der Waals surface area (Å²) in [4.78, 5) is 27.0. The Morgan fingerprint density at radius 2 is 2.14 bits per heavy atom. The third kappa shape index (κ3) is 3.39. The Morgan fingerprint density at radius 1 is 1.38 bits per heavy atom. The van der Waals surface area contributed by atoms with E-state index in [9.17, 15) is 9.59 Å². The number of hydrogen-bond acceptors (Lipinski definition) is 3. The molecule has 6 nitrogen and oxygen atoms in total. The first-order valence-corrected chi connectivity index (χ1v) is 6.99. The first-order chi connectivity index (χ1) is 10.0. The number of nitrogens with one attached hydrogen (secondary N) is 1. The minimum Gasteiger partial charge on any atom is -0.478 e. The number of aromatic carboxylic acids is 1. The summed E-state index contributed by atoms with van der Waals surface area (Å²) in [5.74, 6) is -0.181. The first-order valence-electron chi connectivity index (χ1n) is 6.99. The molecule has 0 fully saturated rings. The maximum absolute atomic E-state index is 11.7. The van der Waals surface area contributed by atoms with Crippen LogP contribution in [0, 0.1) is 6.92 Å². The van der Waals surface area contributed by atoms with E-state index in [4.69, 9.17) is 5.11 Å². The average molecular weight is 289 g/mol. The molecule has 0 bridgehead atoms. The molecule has 2 N–H and O–H groups in total. The third-order valence-corrected chi connectivity index (χ3v) is 3.32. The number of imidazole rings is 1. The van der Waals surface area contributed by atoms with Crippen LogP contribution in [0.1, 0.15) is 35.9 Å². The monoisotopic (exact) mass is 289 g/mol. The number of benzene rings is 1. The molecule has 0 aliphatic heterocycles. The molecule has 0 atom stereocenters. The van der Waals surface area contributed by atoms with E-state index in [1.165, 1.54) is 0 Å². The number of rotatable bonds is 6. The largest absolute Gasteiger partial charge is 0.478 e. The van der Waals surface area contributed by atoms with Gasteiger partial charge in [-0.25, -0.2) is 9.78 Å². The quantitative estimate of drug-likeness (QED) is 0.851. The number of hydrogen-bond donors (Lipinski definition) is 2. The molecule has 112 valence electrons. The van der Waals surface area contributed by atoms with Crippen molar-refractivity contribution in [3.63, 3.8) is 0 Å². The Morgan fingerprint density at radius 3 is 2.81 bits per heavy atom. The van der Waals surface area contributed by atoms with E-state index in [0.717, 1.165) is 17.8 Å². The smallest absolute Gasteiger partial charge is 0.335 e. The maximum Gasteiger partial charge on any atom is 0.335 e.